The molecule has 2 saturated heterocycles. The Bertz CT molecular complexity index is 578. The molecule has 2 fully saturated rings. The average molecular weight is 518 g/mol. The van der Waals surface area contributed by atoms with Crippen molar-refractivity contribution in [3.8, 4) is 0 Å². The van der Waals surface area contributed by atoms with E-state index in [1.54, 1.807) is 12.4 Å². The maximum Gasteiger partial charge on any atom is 0.225 e. The summed E-state index contributed by atoms with van der Waals surface area (Å²) in [4.78, 5) is 18.1. The lowest BCUT2D eigenvalue weighted by Crippen LogP contribution is -2.53. The van der Waals surface area contributed by atoms with E-state index in [0.717, 1.165) is 96.9 Å². The van der Waals surface area contributed by atoms with Crippen molar-refractivity contribution in [1.82, 2.24) is 20.2 Å². The lowest BCUT2D eigenvalue weighted by molar-refractivity contribution is 0.0205. The third-order valence-electron chi connectivity index (χ3n) is 5.15. The lowest BCUT2D eigenvalue weighted by Gasteiger charge is -2.36. The van der Waals surface area contributed by atoms with Crippen LogP contribution in [-0.2, 0) is 9.47 Å². The number of nitrogens with zero attached hydrogens (tertiary/aromatic N) is 5. The lowest BCUT2D eigenvalue weighted by atomic mass is 10.0. The molecule has 0 radical (unpaired) electrons. The van der Waals surface area contributed by atoms with Gasteiger partial charge in [0.05, 0.1) is 0 Å². The van der Waals surface area contributed by atoms with Gasteiger partial charge in [-0.1, -0.05) is 0 Å². The van der Waals surface area contributed by atoms with Crippen molar-refractivity contribution in [2.45, 2.75) is 26.2 Å². The van der Waals surface area contributed by atoms with Gasteiger partial charge in [0.25, 0.3) is 0 Å². The summed E-state index contributed by atoms with van der Waals surface area (Å²) in [6.45, 7) is 10.8. The molecule has 0 unspecified atom stereocenters. The van der Waals surface area contributed by atoms with E-state index in [0.29, 0.717) is 5.92 Å². The Labute approximate surface area is 191 Å². The number of anilines is 1. The van der Waals surface area contributed by atoms with Crippen molar-refractivity contribution in [1.29, 1.82) is 0 Å². The molecule has 0 aliphatic carbocycles. The fourth-order valence-electron chi connectivity index (χ4n) is 3.51. The number of hydrogen-bond acceptors (Lipinski definition) is 6. The fourth-order valence-corrected chi connectivity index (χ4v) is 3.51. The molecule has 0 spiro atoms. The van der Waals surface area contributed by atoms with E-state index in [1.807, 2.05) is 6.07 Å². The molecular weight excluding hydrogens is 483 g/mol. The summed E-state index contributed by atoms with van der Waals surface area (Å²) in [7, 11) is 0. The number of aromatic nitrogens is 2. The van der Waals surface area contributed by atoms with Gasteiger partial charge in [-0.3, -0.25) is 4.99 Å². The third-order valence-corrected chi connectivity index (χ3v) is 5.15. The molecule has 2 aliphatic heterocycles. The smallest absolute Gasteiger partial charge is 0.225 e. The van der Waals surface area contributed by atoms with Gasteiger partial charge in [-0.15, -0.1) is 24.0 Å². The molecule has 164 valence electrons. The zero-order valence-corrected chi connectivity index (χ0v) is 19.8. The van der Waals surface area contributed by atoms with E-state index in [9.17, 15) is 0 Å². The maximum absolute atomic E-state index is 5.84. The van der Waals surface area contributed by atoms with Crippen LogP contribution in [0.4, 0.5) is 5.95 Å². The second kappa shape index (κ2) is 13.9. The van der Waals surface area contributed by atoms with Crippen molar-refractivity contribution < 1.29 is 9.47 Å². The van der Waals surface area contributed by atoms with Crippen LogP contribution >= 0.6 is 24.0 Å². The number of aliphatic imine (C=N–C) groups is 1. The average Bonchev–Trinajstić information content (AvgIpc) is 2.77. The van der Waals surface area contributed by atoms with E-state index in [1.165, 1.54) is 0 Å². The van der Waals surface area contributed by atoms with Crippen LogP contribution in [0.25, 0.3) is 0 Å². The van der Waals surface area contributed by atoms with Gasteiger partial charge in [0, 0.05) is 78.1 Å². The Morgan fingerprint density at radius 3 is 2.62 bits per heavy atom. The first-order chi connectivity index (χ1) is 13.9. The quantitative estimate of drug-likeness (QED) is 0.244. The van der Waals surface area contributed by atoms with Gasteiger partial charge in [-0.2, -0.15) is 0 Å². The molecule has 1 N–H and O–H groups in total. The Hall–Kier alpha value is -1.20. The summed E-state index contributed by atoms with van der Waals surface area (Å²) in [6, 6.07) is 1.85. The largest absolute Gasteiger partial charge is 0.381 e. The highest BCUT2D eigenvalue weighted by Crippen LogP contribution is 2.14. The van der Waals surface area contributed by atoms with Gasteiger partial charge < -0.3 is 24.6 Å². The van der Waals surface area contributed by atoms with Crippen LogP contribution in [0, 0.1) is 5.92 Å². The SMILES string of the molecule is CCNC(=NCCCOCC1CCOCC1)N1CCN(c2ncccn2)CC1.I. The van der Waals surface area contributed by atoms with Gasteiger partial charge in [-0.25, -0.2) is 9.97 Å². The Morgan fingerprint density at radius 1 is 1.21 bits per heavy atom. The number of nitrogens with one attached hydrogen (secondary N) is 1. The summed E-state index contributed by atoms with van der Waals surface area (Å²) in [5.74, 6) is 2.48. The van der Waals surface area contributed by atoms with Crippen LogP contribution < -0.4 is 10.2 Å². The molecule has 0 amide bonds. The number of halogens is 1. The first-order valence-corrected chi connectivity index (χ1v) is 10.6. The Kier molecular flexibility index (Phi) is 11.6. The predicted octanol–water partition coefficient (Wildman–Crippen LogP) is 2.02. The summed E-state index contributed by atoms with van der Waals surface area (Å²) < 4.78 is 11.2. The highest BCUT2D eigenvalue weighted by molar-refractivity contribution is 14.0. The van der Waals surface area contributed by atoms with Gasteiger partial charge >= 0.3 is 0 Å². The van der Waals surface area contributed by atoms with Crippen LogP contribution in [0.5, 0.6) is 0 Å². The molecular formula is C20H35IN6O2. The number of piperazine rings is 1. The topological polar surface area (TPSA) is 75.1 Å². The van der Waals surface area contributed by atoms with Crippen LogP contribution in [0.1, 0.15) is 26.2 Å². The zero-order chi connectivity index (χ0) is 19.4. The molecule has 29 heavy (non-hydrogen) atoms. The van der Waals surface area contributed by atoms with Gasteiger partial charge in [-0.05, 0) is 38.2 Å². The molecule has 0 bridgehead atoms. The zero-order valence-electron chi connectivity index (χ0n) is 17.5. The minimum absolute atomic E-state index is 0. The van der Waals surface area contributed by atoms with Crippen molar-refractivity contribution in [2.24, 2.45) is 10.9 Å². The normalized spacial score (nSPS) is 18.4. The van der Waals surface area contributed by atoms with Gasteiger partial charge in [0.2, 0.25) is 5.95 Å². The van der Waals surface area contributed by atoms with E-state index < -0.39 is 0 Å². The maximum atomic E-state index is 5.84. The van der Waals surface area contributed by atoms with Gasteiger partial charge in [0.15, 0.2) is 5.96 Å². The molecule has 0 aromatic carbocycles. The molecule has 1 aromatic rings. The van der Waals surface area contributed by atoms with E-state index >= 15 is 0 Å². The number of guanidine groups is 1. The molecule has 0 atom stereocenters. The predicted molar refractivity (Wildman–Crippen MR) is 126 cm³/mol. The van der Waals surface area contributed by atoms with Crippen LogP contribution in [0.15, 0.2) is 23.5 Å². The fraction of sp³-hybridized carbons (Fsp3) is 0.750. The van der Waals surface area contributed by atoms with Crippen LogP contribution in [-0.4, -0.2) is 86.5 Å². The van der Waals surface area contributed by atoms with E-state index in [-0.39, 0.29) is 24.0 Å². The Morgan fingerprint density at radius 2 is 1.93 bits per heavy atom. The minimum atomic E-state index is 0. The molecule has 9 heteroatoms. The molecule has 3 heterocycles. The first-order valence-electron chi connectivity index (χ1n) is 10.6. The third kappa shape index (κ3) is 8.21. The summed E-state index contributed by atoms with van der Waals surface area (Å²) in [5, 5.41) is 3.42. The molecule has 3 rings (SSSR count). The summed E-state index contributed by atoms with van der Waals surface area (Å²) >= 11 is 0. The number of hydrogen-bond donors (Lipinski definition) is 1. The number of ether oxygens (including phenoxy) is 2. The summed E-state index contributed by atoms with van der Waals surface area (Å²) in [5.41, 5.74) is 0. The molecule has 0 saturated carbocycles. The molecule has 2 aliphatic rings. The number of rotatable bonds is 8. The minimum Gasteiger partial charge on any atom is -0.381 e. The van der Waals surface area contributed by atoms with Crippen LogP contribution in [0.2, 0.25) is 0 Å². The van der Waals surface area contributed by atoms with Crippen molar-refractivity contribution >= 4 is 35.9 Å². The standard InChI is InChI=1S/C20H34N6O2.HI/c1-2-21-19(24-9-4-14-28-17-18-5-15-27-16-6-18)25-10-12-26(13-11-25)20-22-7-3-8-23-20;/h3,7-8,18H,2,4-6,9-17H2,1H3,(H,21,24);1H. The first kappa shape index (κ1) is 24.1. The molecule has 8 nitrogen and oxygen atoms in total. The second-order valence-electron chi connectivity index (χ2n) is 7.24. The van der Waals surface area contributed by atoms with Crippen molar-refractivity contribution in [3.05, 3.63) is 18.5 Å². The van der Waals surface area contributed by atoms with Crippen molar-refractivity contribution in [2.75, 3.05) is 70.6 Å². The van der Waals surface area contributed by atoms with E-state index in [4.69, 9.17) is 14.5 Å². The highest BCUT2D eigenvalue weighted by Gasteiger charge is 2.21. The monoisotopic (exact) mass is 518 g/mol. The highest BCUT2D eigenvalue weighted by atomic mass is 127. The van der Waals surface area contributed by atoms with E-state index in [2.05, 4.69) is 32.0 Å². The Balaban J connectivity index is 0.00000300. The van der Waals surface area contributed by atoms with Crippen LogP contribution in [0.3, 0.4) is 0 Å². The van der Waals surface area contributed by atoms with Gasteiger partial charge in [0.1, 0.15) is 0 Å². The van der Waals surface area contributed by atoms with Crippen molar-refractivity contribution in [3.63, 3.8) is 0 Å². The summed E-state index contributed by atoms with van der Waals surface area (Å²) in [6.07, 6.45) is 6.80. The molecule has 1 aromatic heterocycles. The second-order valence-corrected chi connectivity index (χ2v) is 7.24.